The number of pyridine rings is 1. The molecule has 0 atom stereocenters. The topological polar surface area (TPSA) is 45.6 Å². The summed E-state index contributed by atoms with van der Waals surface area (Å²) in [4.78, 5) is 6.95. The summed E-state index contributed by atoms with van der Waals surface area (Å²) in [6, 6.07) is 16.4. The molecule has 1 aliphatic heterocycles. The molecule has 1 saturated heterocycles. The van der Waals surface area contributed by atoms with Gasteiger partial charge in [-0.25, -0.2) is 9.37 Å². The van der Waals surface area contributed by atoms with Gasteiger partial charge < -0.3 is 14.7 Å². The Morgan fingerprint density at radius 3 is 2.67 bits per heavy atom. The fourth-order valence-corrected chi connectivity index (χ4v) is 3.75. The van der Waals surface area contributed by atoms with Gasteiger partial charge in [0.25, 0.3) is 0 Å². The van der Waals surface area contributed by atoms with E-state index < -0.39 is 5.60 Å². The van der Waals surface area contributed by atoms with Crippen molar-refractivity contribution in [3.8, 4) is 5.75 Å². The van der Waals surface area contributed by atoms with Crippen LogP contribution in [0, 0.1) is 5.82 Å². The lowest BCUT2D eigenvalue weighted by atomic mass is 9.85. The Morgan fingerprint density at radius 1 is 1.11 bits per heavy atom. The van der Waals surface area contributed by atoms with Crippen LogP contribution in [0.15, 0.2) is 54.6 Å². The number of benzene rings is 2. The second-order valence-electron chi connectivity index (χ2n) is 7.25. The summed E-state index contributed by atoms with van der Waals surface area (Å²) in [5.74, 6) is 1.48. The van der Waals surface area contributed by atoms with Gasteiger partial charge in [-0.3, -0.25) is 0 Å². The van der Waals surface area contributed by atoms with Gasteiger partial charge in [-0.2, -0.15) is 0 Å². The van der Waals surface area contributed by atoms with E-state index in [0.29, 0.717) is 19.3 Å². The van der Waals surface area contributed by atoms with Crippen molar-refractivity contribution in [2.75, 3.05) is 25.1 Å². The van der Waals surface area contributed by atoms with E-state index >= 15 is 0 Å². The van der Waals surface area contributed by atoms with Gasteiger partial charge in [0.2, 0.25) is 0 Å². The van der Waals surface area contributed by atoms with Crippen LogP contribution in [0.1, 0.15) is 18.4 Å². The van der Waals surface area contributed by atoms with Crippen molar-refractivity contribution in [1.82, 2.24) is 4.98 Å². The number of piperidine rings is 1. The first-order valence-corrected chi connectivity index (χ1v) is 9.21. The van der Waals surface area contributed by atoms with Gasteiger partial charge >= 0.3 is 0 Å². The van der Waals surface area contributed by atoms with Crippen LogP contribution in [-0.2, 0) is 6.42 Å². The van der Waals surface area contributed by atoms with Crippen LogP contribution in [0.25, 0.3) is 10.9 Å². The van der Waals surface area contributed by atoms with Gasteiger partial charge in [-0.15, -0.1) is 0 Å². The van der Waals surface area contributed by atoms with E-state index in [1.54, 1.807) is 13.2 Å². The average Bonchev–Trinajstić information content (AvgIpc) is 2.67. The normalized spacial score (nSPS) is 16.5. The molecule has 2 aromatic carbocycles. The predicted molar refractivity (Wildman–Crippen MR) is 105 cm³/mol. The molecular formula is C22H23FN2O2. The van der Waals surface area contributed by atoms with E-state index in [1.165, 1.54) is 12.1 Å². The SMILES string of the molecule is COc1ccc2nc(N3CCC(O)(Cc4cccc(F)c4)CC3)ccc2c1. The highest BCUT2D eigenvalue weighted by Gasteiger charge is 2.33. The minimum Gasteiger partial charge on any atom is -0.497 e. The Balaban J connectivity index is 1.46. The van der Waals surface area contributed by atoms with Crippen LogP contribution in [-0.4, -0.2) is 35.9 Å². The molecule has 4 nitrogen and oxygen atoms in total. The number of fused-ring (bicyclic) bond motifs is 1. The zero-order valence-corrected chi connectivity index (χ0v) is 15.4. The van der Waals surface area contributed by atoms with Crippen molar-refractivity contribution in [1.29, 1.82) is 0 Å². The molecule has 1 aliphatic rings. The number of methoxy groups -OCH3 is 1. The van der Waals surface area contributed by atoms with Gasteiger partial charge in [-0.05, 0) is 60.9 Å². The molecule has 27 heavy (non-hydrogen) atoms. The van der Waals surface area contributed by atoms with Gasteiger partial charge in [-0.1, -0.05) is 12.1 Å². The lowest BCUT2D eigenvalue weighted by Crippen LogP contribution is -2.46. The smallest absolute Gasteiger partial charge is 0.129 e. The summed E-state index contributed by atoms with van der Waals surface area (Å²) in [5, 5.41) is 12.0. The number of aromatic nitrogens is 1. The van der Waals surface area contributed by atoms with Crippen LogP contribution in [0.5, 0.6) is 5.75 Å². The number of ether oxygens (including phenoxy) is 1. The van der Waals surface area contributed by atoms with Crippen molar-refractivity contribution in [3.05, 3.63) is 66.0 Å². The molecule has 0 aliphatic carbocycles. The Morgan fingerprint density at radius 2 is 1.93 bits per heavy atom. The molecular weight excluding hydrogens is 343 g/mol. The summed E-state index contributed by atoms with van der Waals surface area (Å²) >= 11 is 0. The van der Waals surface area contributed by atoms with Crippen LogP contribution in [0.3, 0.4) is 0 Å². The van der Waals surface area contributed by atoms with Crippen LogP contribution < -0.4 is 9.64 Å². The number of nitrogens with zero attached hydrogens (tertiary/aromatic N) is 2. The molecule has 0 unspecified atom stereocenters. The first kappa shape index (κ1) is 17.7. The third kappa shape index (κ3) is 3.88. The van der Waals surface area contributed by atoms with E-state index in [1.807, 2.05) is 36.4 Å². The maximum atomic E-state index is 13.4. The summed E-state index contributed by atoms with van der Waals surface area (Å²) < 4.78 is 18.7. The van der Waals surface area contributed by atoms with Crippen LogP contribution in [0.2, 0.25) is 0 Å². The summed E-state index contributed by atoms with van der Waals surface area (Å²) in [6.07, 6.45) is 1.74. The quantitative estimate of drug-likeness (QED) is 0.759. The summed E-state index contributed by atoms with van der Waals surface area (Å²) in [6.45, 7) is 1.45. The first-order chi connectivity index (χ1) is 13.0. The second-order valence-corrected chi connectivity index (χ2v) is 7.25. The highest BCUT2D eigenvalue weighted by atomic mass is 19.1. The Bertz CT molecular complexity index is 952. The molecule has 0 saturated carbocycles. The van der Waals surface area contributed by atoms with E-state index in [2.05, 4.69) is 4.90 Å². The van der Waals surface area contributed by atoms with Crippen molar-refractivity contribution in [2.24, 2.45) is 0 Å². The highest BCUT2D eigenvalue weighted by molar-refractivity contribution is 5.81. The Kier molecular flexibility index (Phi) is 4.70. The number of rotatable bonds is 4. The fraction of sp³-hybridized carbons (Fsp3) is 0.318. The third-order valence-corrected chi connectivity index (χ3v) is 5.32. The van der Waals surface area contributed by atoms with E-state index in [-0.39, 0.29) is 5.82 Å². The molecule has 2 heterocycles. The predicted octanol–water partition coefficient (Wildman–Crippen LogP) is 3.96. The van der Waals surface area contributed by atoms with Gasteiger partial charge in [0, 0.05) is 24.9 Å². The minimum atomic E-state index is -0.797. The molecule has 4 rings (SSSR count). The molecule has 0 radical (unpaired) electrons. The van der Waals surface area contributed by atoms with Crippen LogP contribution >= 0.6 is 0 Å². The molecule has 1 fully saturated rings. The Labute approximate surface area is 158 Å². The van der Waals surface area contributed by atoms with E-state index in [9.17, 15) is 9.50 Å². The third-order valence-electron chi connectivity index (χ3n) is 5.32. The van der Waals surface area contributed by atoms with Crippen LogP contribution in [0.4, 0.5) is 10.2 Å². The number of halogens is 1. The van der Waals surface area contributed by atoms with E-state index in [4.69, 9.17) is 9.72 Å². The van der Waals surface area contributed by atoms with Gasteiger partial charge in [0.05, 0.1) is 18.2 Å². The molecule has 0 spiro atoms. The van der Waals surface area contributed by atoms with Gasteiger partial charge in [0.1, 0.15) is 17.4 Å². The van der Waals surface area contributed by atoms with Crippen molar-refractivity contribution in [3.63, 3.8) is 0 Å². The molecule has 3 aromatic rings. The lowest BCUT2D eigenvalue weighted by molar-refractivity contribution is 0.0164. The number of aliphatic hydroxyl groups is 1. The maximum absolute atomic E-state index is 13.4. The maximum Gasteiger partial charge on any atom is 0.129 e. The zero-order valence-electron chi connectivity index (χ0n) is 15.4. The largest absolute Gasteiger partial charge is 0.497 e. The Hall–Kier alpha value is -2.66. The monoisotopic (exact) mass is 366 g/mol. The number of hydrogen-bond acceptors (Lipinski definition) is 4. The second kappa shape index (κ2) is 7.16. The average molecular weight is 366 g/mol. The zero-order chi connectivity index (χ0) is 18.9. The standard InChI is InChI=1S/C22H23FN2O2/c1-27-19-6-7-20-17(14-19)5-8-21(24-20)25-11-9-22(26,10-12-25)15-16-3-2-4-18(23)13-16/h2-8,13-14,26H,9-12,15H2,1H3. The summed E-state index contributed by atoms with van der Waals surface area (Å²) in [7, 11) is 1.65. The number of hydrogen-bond donors (Lipinski definition) is 1. The highest BCUT2D eigenvalue weighted by Crippen LogP contribution is 2.30. The molecule has 0 bridgehead atoms. The van der Waals surface area contributed by atoms with Crippen molar-refractivity contribution < 1.29 is 14.2 Å². The van der Waals surface area contributed by atoms with Crippen molar-refractivity contribution in [2.45, 2.75) is 24.9 Å². The lowest BCUT2D eigenvalue weighted by Gasteiger charge is -2.39. The molecule has 0 amide bonds. The molecule has 1 N–H and O–H groups in total. The van der Waals surface area contributed by atoms with Gasteiger partial charge in [0.15, 0.2) is 0 Å². The summed E-state index contributed by atoms with van der Waals surface area (Å²) in [5.41, 5.74) is 0.965. The minimum absolute atomic E-state index is 0.259. The fourth-order valence-electron chi connectivity index (χ4n) is 3.75. The molecule has 140 valence electrons. The number of anilines is 1. The first-order valence-electron chi connectivity index (χ1n) is 9.21. The van der Waals surface area contributed by atoms with Crippen molar-refractivity contribution >= 4 is 16.7 Å². The molecule has 5 heteroatoms. The van der Waals surface area contributed by atoms with E-state index in [0.717, 1.165) is 41.1 Å². The molecule has 1 aromatic heterocycles.